The van der Waals surface area contributed by atoms with Crippen molar-refractivity contribution in [1.82, 2.24) is 10.3 Å². The predicted molar refractivity (Wildman–Crippen MR) is 93.9 cm³/mol. The highest BCUT2D eigenvalue weighted by Crippen LogP contribution is 2.24. The summed E-state index contributed by atoms with van der Waals surface area (Å²) in [5.74, 6) is 0.556. The van der Waals surface area contributed by atoms with Crippen molar-refractivity contribution in [3.63, 3.8) is 0 Å². The Kier molecular flexibility index (Phi) is 5.42. The Balaban J connectivity index is 1.88. The zero-order chi connectivity index (χ0) is 17.0. The van der Waals surface area contributed by atoms with Gasteiger partial charge in [-0.05, 0) is 37.0 Å². The Bertz CT molecular complexity index is 656. The van der Waals surface area contributed by atoms with Gasteiger partial charge < -0.3 is 10.1 Å². The summed E-state index contributed by atoms with van der Waals surface area (Å²) in [6.07, 6.45) is -0.546. The molecule has 23 heavy (non-hydrogen) atoms. The molecular formula is C18H24N2O2S. The third-order valence-electron chi connectivity index (χ3n) is 3.51. The largest absolute Gasteiger partial charge is 0.481 e. The molecule has 0 fully saturated rings. The topological polar surface area (TPSA) is 51.2 Å². The lowest BCUT2D eigenvalue weighted by Crippen LogP contribution is -2.36. The lowest BCUT2D eigenvalue weighted by atomic mass is 9.87. The molecular weight excluding hydrogens is 308 g/mol. The lowest BCUT2D eigenvalue weighted by molar-refractivity contribution is -0.127. The summed E-state index contributed by atoms with van der Waals surface area (Å²) >= 11 is 1.58. The van der Waals surface area contributed by atoms with Crippen molar-refractivity contribution >= 4 is 17.2 Å². The number of rotatable bonds is 5. The zero-order valence-electron chi connectivity index (χ0n) is 14.3. The average Bonchev–Trinajstić information content (AvgIpc) is 2.90. The van der Waals surface area contributed by atoms with E-state index in [1.54, 1.807) is 18.3 Å². The number of aromatic nitrogens is 1. The summed E-state index contributed by atoms with van der Waals surface area (Å²) in [7, 11) is 0. The van der Waals surface area contributed by atoms with Crippen LogP contribution in [0.15, 0.2) is 29.6 Å². The van der Waals surface area contributed by atoms with Crippen LogP contribution in [0.25, 0.3) is 0 Å². The van der Waals surface area contributed by atoms with Crippen molar-refractivity contribution in [3.05, 3.63) is 45.9 Å². The van der Waals surface area contributed by atoms with Gasteiger partial charge in [-0.25, -0.2) is 4.98 Å². The minimum atomic E-state index is -0.546. The van der Waals surface area contributed by atoms with Crippen LogP contribution in [0, 0.1) is 6.92 Å². The molecule has 1 atom stereocenters. The lowest BCUT2D eigenvalue weighted by Gasteiger charge is -2.20. The van der Waals surface area contributed by atoms with Crippen molar-refractivity contribution in [2.45, 2.75) is 52.7 Å². The minimum absolute atomic E-state index is 0.104. The fraction of sp³-hybridized carbons (Fsp3) is 0.444. The molecule has 0 saturated heterocycles. The van der Waals surface area contributed by atoms with Gasteiger partial charge >= 0.3 is 0 Å². The second kappa shape index (κ2) is 7.13. The van der Waals surface area contributed by atoms with Crippen LogP contribution in [0.4, 0.5) is 0 Å². The predicted octanol–water partition coefficient (Wildman–Crippen LogP) is 3.83. The van der Waals surface area contributed by atoms with Crippen LogP contribution >= 0.6 is 11.3 Å². The third kappa shape index (κ3) is 5.06. The highest BCUT2D eigenvalue weighted by molar-refractivity contribution is 7.09. The maximum absolute atomic E-state index is 12.1. The average molecular weight is 332 g/mol. The molecule has 2 rings (SSSR count). The number of aryl methyl sites for hydroxylation is 1. The van der Waals surface area contributed by atoms with E-state index in [2.05, 4.69) is 31.1 Å². The number of carbonyl (C=O) groups excluding carboxylic acids is 1. The van der Waals surface area contributed by atoms with Crippen molar-refractivity contribution in [1.29, 1.82) is 0 Å². The highest BCUT2D eigenvalue weighted by Gasteiger charge is 2.16. The number of thiazole rings is 1. The van der Waals surface area contributed by atoms with Crippen LogP contribution in [0.5, 0.6) is 5.75 Å². The van der Waals surface area contributed by atoms with Crippen LogP contribution < -0.4 is 10.1 Å². The van der Waals surface area contributed by atoms with Crippen LogP contribution in [-0.2, 0) is 16.8 Å². The maximum Gasteiger partial charge on any atom is 0.261 e. The normalized spacial score (nSPS) is 12.7. The van der Waals surface area contributed by atoms with Gasteiger partial charge in [-0.2, -0.15) is 0 Å². The highest BCUT2D eigenvalue weighted by atomic mass is 32.1. The third-order valence-corrected chi connectivity index (χ3v) is 4.34. The molecule has 0 bridgehead atoms. The summed E-state index contributed by atoms with van der Waals surface area (Å²) in [4.78, 5) is 16.4. The van der Waals surface area contributed by atoms with Crippen molar-refractivity contribution in [2.24, 2.45) is 0 Å². The van der Waals surface area contributed by atoms with E-state index in [-0.39, 0.29) is 11.3 Å². The van der Waals surface area contributed by atoms with Gasteiger partial charge in [0.15, 0.2) is 6.10 Å². The molecule has 5 heteroatoms. The second-order valence-corrected chi connectivity index (χ2v) is 7.67. The molecule has 1 heterocycles. The molecule has 0 radical (unpaired) electrons. The molecule has 0 unspecified atom stereocenters. The van der Waals surface area contributed by atoms with Gasteiger partial charge in [0.25, 0.3) is 5.91 Å². The Morgan fingerprint density at radius 3 is 2.48 bits per heavy atom. The maximum atomic E-state index is 12.1. The van der Waals surface area contributed by atoms with Gasteiger partial charge in [-0.1, -0.05) is 32.9 Å². The Hall–Kier alpha value is -1.88. The minimum Gasteiger partial charge on any atom is -0.481 e. The quantitative estimate of drug-likeness (QED) is 0.905. The molecule has 124 valence electrons. The zero-order valence-corrected chi connectivity index (χ0v) is 15.2. The molecule has 0 aliphatic rings. The summed E-state index contributed by atoms with van der Waals surface area (Å²) in [5.41, 5.74) is 2.22. The first-order valence-electron chi connectivity index (χ1n) is 7.71. The molecule has 0 saturated carbocycles. The van der Waals surface area contributed by atoms with Crippen LogP contribution in [0.3, 0.4) is 0 Å². The van der Waals surface area contributed by atoms with Crippen LogP contribution in [0.2, 0.25) is 0 Å². The number of amides is 1. The number of hydrogen-bond donors (Lipinski definition) is 1. The van der Waals surface area contributed by atoms with E-state index >= 15 is 0 Å². The Morgan fingerprint density at radius 2 is 1.96 bits per heavy atom. The summed E-state index contributed by atoms with van der Waals surface area (Å²) in [6, 6.07) is 7.90. The van der Waals surface area contributed by atoms with Crippen molar-refractivity contribution in [3.8, 4) is 5.75 Å². The standard InChI is InChI=1S/C18H24N2O2S/c1-12(17(21)19-10-15-11-23-13(2)20-15)22-16-8-6-14(7-9-16)18(3,4)5/h6-9,11-12H,10H2,1-5H3,(H,19,21)/t12-/m1/s1. The molecule has 4 nitrogen and oxygen atoms in total. The van der Waals surface area contributed by atoms with E-state index in [1.165, 1.54) is 5.56 Å². The summed E-state index contributed by atoms with van der Waals surface area (Å²) in [6.45, 7) is 10.6. The summed E-state index contributed by atoms with van der Waals surface area (Å²) in [5, 5.41) is 5.80. The van der Waals surface area contributed by atoms with Gasteiger partial charge in [0, 0.05) is 5.38 Å². The number of ether oxygens (including phenoxy) is 1. The molecule has 0 spiro atoms. The van der Waals surface area contributed by atoms with E-state index in [1.807, 2.05) is 36.6 Å². The van der Waals surface area contributed by atoms with E-state index < -0.39 is 6.10 Å². The number of carbonyl (C=O) groups is 1. The first-order valence-corrected chi connectivity index (χ1v) is 8.59. The van der Waals surface area contributed by atoms with Gasteiger partial charge in [0.1, 0.15) is 5.75 Å². The fourth-order valence-corrected chi connectivity index (χ4v) is 2.71. The second-order valence-electron chi connectivity index (χ2n) is 6.61. The van der Waals surface area contributed by atoms with Gasteiger partial charge in [-0.15, -0.1) is 11.3 Å². The van der Waals surface area contributed by atoms with E-state index in [0.29, 0.717) is 12.3 Å². The Morgan fingerprint density at radius 1 is 1.30 bits per heavy atom. The van der Waals surface area contributed by atoms with Gasteiger partial charge in [0.2, 0.25) is 0 Å². The first-order chi connectivity index (χ1) is 10.8. The molecule has 1 aromatic heterocycles. The number of benzene rings is 1. The fourth-order valence-electron chi connectivity index (χ4n) is 2.10. The molecule has 0 aliphatic heterocycles. The first kappa shape index (κ1) is 17.5. The SMILES string of the molecule is Cc1nc(CNC(=O)[C@@H](C)Oc2ccc(C(C)(C)C)cc2)cs1. The van der Waals surface area contributed by atoms with E-state index in [9.17, 15) is 4.79 Å². The van der Waals surface area contributed by atoms with Crippen molar-refractivity contribution in [2.75, 3.05) is 0 Å². The van der Waals surface area contributed by atoms with Crippen molar-refractivity contribution < 1.29 is 9.53 Å². The summed E-state index contributed by atoms with van der Waals surface area (Å²) < 4.78 is 5.71. The van der Waals surface area contributed by atoms with Crippen LogP contribution in [-0.4, -0.2) is 17.0 Å². The van der Waals surface area contributed by atoms with Gasteiger partial charge in [0.05, 0.1) is 17.2 Å². The molecule has 0 aliphatic carbocycles. The molecule has 1 aromatic carbocycles. The molecule has 1 N–H and O–H groups in total. The molecule has 2 aromatic rings. The number of nitrogens with one attached hydrogen (secondary N) is 1. The number of nitrogens with zero attached hydrogens (tertiary/aromatic N) is 1. The molecule has 1 amide bonds. The van der Waals surface area contributed by atoms with Gasteiger partial charge in [-0.3, -0.25) is 4.79 Å². The number of hydrogen-bond acceptors (Lipinski definition) is 4. The van der Waals surface area contributed by atoms with E-state index in [4.69, 9.17) is 4.74 Å². The Labute approximate surface area is 141 Å². The van der Waals surface area contributed by atoms with E-state index in [0.717, 1.165) is 10.7 Å². The monoisotopic (exact) mass is 332 g/mol. The van der Waals surface area contributed by atoms with Crippen LogP contribution in [0.1, 0.15) is 44.0 Å². The smallest absolute Gasteiger partial charge is 0.261 e.